The maximum absolute atomic E-state index is 13.2. The van der Waals surface area contributed by atoms with E-state index >= 15 is 0 Å². The number of rotatable bonds is 8. The molecule has 0 fully saturated rings. The summed E-state index contributed by atoms with van der Waals surface area (Å²) < 4.78 is 13.4. The van der Waals surface area contributed by atoms with E-state index in [4.69, 9.17) is 11.6 Å². The van der Waals surface area contributed by atoms with Crippen molar-refractivity contribution in [3.63, 3.8) is 0 Å². The Morgan fingerprint density at radius 3 is 2.64 bits per heavy atom. The first kappa shape index (κ1) is 27.0. The van der Waals surface area contributed by atoms with E-state index in [-0.39, 0.29) is 51.2 Å². The van der Waals surface area contributed by atoms with Gasteiger partial charge in [-0.1, -0.05) is 11.6 Å². The Balaban J connectivity index is 1.66. The van der Waals surface area contributed by atoms with E-state index in [9.17, 15) is 34.1 Å². The summed E-state index contributed by atoms with van der Waals surface area (Å²) in [5.74, 6) is -2.91. The maximum atomic E-state index is 13.2. The van der Waals surface area contributed by atoms with E-state index in [1.54, 1.807) is 0 Å². The fourth-order valence-corrected chi connectivity index (χ4v) is 4.16. The van der Waals surface area contributed by atoms with Crippen molar-refractivity contribution in [3.05, 3.63) is 51.0 Å². The zero-order valence-electron chi connectivity index (χ0n) is 18.5. The number of benzene rings is 2. The van der Waals surface area contributed by atoms with Crippen LogP contribution in [-0.2, 0) is 9.59 Å². The number of hydrogen-bond donors (Lipinski definition) is 7. The molecule has 1 unspecified atom stereocenters. The predicted octanol–water partition coefficient (Wildman–Crippen LogP) is 2.28. The average molecular weight is 587 g/mol. The van der Waals surface area contributed by atoms with Crippen molar-refractivity contribution in [1.29, 1.82) is 0 Å². The number of nitrogens with zero attached hydrogens (tertiary/aromatic N) is 1. The number of nitrogens with one attached hydrogen (secondary N) is 4. The third kappa shape index (κ3) is 7.46. The summed E-state index contributed by atoms with van der Waals surface area (Å²) in [6.45, 7) is -0.481. The zero-order chi connectivity index (χ0) is 26.4. The lowest BCUT2D eigenvalue weighted by Crippen LogP contribution is -2.41. The lowest BCUT2D eigenvalue weighted by molar-refractivity contribution is -0.137. The van der Waals surface area contributed by atoms with Gasteiger partial charge >= 0.3 is 5.97 Å². The number of carbonyl (C=O) groups is 3. The fourth-order valence-electron chi connectivity index (χ4n) is 3.33. The molecule has 2 atom stereocenters. The number of hydrogen-bond acceptors (Lipinski definition) is 8. The van der Waals surface area contributed by atoms with Gasteiger partial charge in [-0.05, 0) is 40.2 Å². The molecular formula is C22H22BrClFN5O6. The third-order valence-corrected chi connectivity index (χ3v) is 5.76. The van der Waals surface area contributed by atoms with Crippen molar-refractivity contribution in [2.24, 2.45) is 4.99 Å². The maximum Gasteiger partial charge on any atom is 0.305 e. The molecule has 2 amide bonds. The van der Waals surface area contributed by atoms with E-state index in [1.165, 1.54) is 30.3 Å². The van der Waals surface area contributed by atoms with Crippen molar-refractivity contribution in [1.82, 2.24) is 16.0 Å². The first-order valence-corrected chi connectivity index (χ1v) is 11.7. The second-order valence-electron chi connectivity index (χ2n) is 7.79. The molecule has 1 heterocycles. The van der Waals surface area contributed by atoms with Crippen LogP contribution in [0.15, 0.2) is 39.8 Å². The number of anilines is 1. The number of alkyl halides is 1. The highest BCUT2D eigenvalue weighted by Crippen LogP contribution is 2.36. The highest BCUT2D eigenvalue weighted by molar-refractivity contribution is 9.10. The second kappa shape index (κ2) is 11.9. The van der Waals surface area contributed by atoms with Crippen LogP contribution in [0, 0.1) is 0 Å². The van der Waals surface area contributed by atoms with Gasteiger partial charge in [-0.15, -0.1) is 0 Å². The first-order chi connectivity index (χ1) is 17.0. The number of aliphatic carboxylic acids is 1. The minimum atomic E-state index is -1.24. The number of carboxylic acids is 1. The molecule has 0 saturated carbocycles. The number of phenolic OH excluding ortho intramolecular Hbond substituents is 2. The van der Waals surface area contributed by atoms with Crippen LogP contribution in [0.1, 0.15) is 28.4 Å². The van der Waals surface area contributed by atoms with Gasteiger partial charge in [-0.2, -0.15) is 0 Å². The van der Waals surface area contributed by atoms with E-state index in [2.05, 4.69) is 42.2 Å². The Kier molecular flexibility index (Phi) is 8.93. The number of amides is 2. The minimum absolute atomic E-state index is 0.0172. The van der Waals surface area contributed by atoms with E-state index in [0.29, 0.717) is 5.69 Å². The molecule has 0 radical (unpaired) electrons. The number of carboxylic acid groups (broad SMARTS) is 1. The van der Waals surface area contributed by atoms with Crippen LogP contribution in [0.2, 0.25) is 5.02 Å². The standard InChI is InChI=1S/C22H22BrClFN5O6/c23-16-4-11(24)3-15(20(16)35)17(6-19(33)34)30-18(32)9-26-21(36)10-1-13(5-14(31)2-10)29-22-27-7-12(25)8-28-22/h1-5,12,17,31,35H,6-9H2,(H,26,36)(H,30,32)(H,33,34)(H2,27,28,29)/t17-/m0/s1. The van der Waals surface area contributed by atoms with Crippen molar-refractivity contribution in [2.45, 2.75) is 18.6 Å². The number of carbonyl (C=O) groups excluding carboxylic acids is 2. The number of guanidine groups is 1. The molecule has 0 aliphatic carbocycles. The molecule has 0 aromatic heterocycles. The summed E-state index contributed by atoms with van der Waals surface area (Å²) >= 11 is 9.11. The summed E-state index contributed by atoms with van der Waals surface area (Å²) in [4.78, 5) is 40.4. The fraction of sp³-hybridized carbons (Fsp3) is 0.273. The number of aliphatic imine (C=N–C) groups is 1. The van der Waals surface area contributed by atoms with Crippen LogP contribution in [0.5, 0.6) is 11.5 Å². The molecule has 0 bridgehead atoms. The first-order valence-electron chi connectivity index (χ1n) is 10.5. The lowest BCUT2D eigenvalue weighted by Gasteiger charge is -2.20. The van der Waals surface area contributed by atoms with Gasteiger partial charge in [-0.25, -0.2) is 9.38 Å². The van der Waals surface area contributed by atoms with Crippen molar-refractivity contribution >= 4 is 57.0 Å². The van der Waals surface area contributed by atoms with Gasteiger partial charge < -0.3 is 36.6 Å². The predicted molar refractivity (Wildman–Crippen MR) is 133 cm³/mol. The van der Waals surface area contributed by atoms with E-state index in [1.807, 2.05) is 0 Å². The van der Waals surface area contributed by atoms with Crippen LogP contribution in [-0.4, -0.2) is 64.9 Å². The summed E-state index contributed by atoms with van der Waals surface area (Å²) in [6, 6.07) is 5.52. The van der Waals surface area contributed by atoms with Gasteiger partial charge in [0.25, 0.3) is 5.91 Å². The Hall–Kier alpha value is -3.58. The summed E-state index contributed by atoms with van der Waals surface area (Å²) in [5, 5.41) is 40.1. The van der Waals surface area contributed by atoms with Crippen molar-refractivity contribution < 1.29 is 34.1 Å². The van der Waals surface area contributed by atoms with Gasteiger partial charge in [0.15, 0.2) is 5.96 Å². The van der Waals surface area contributed by atoms with E-state index < -0.39 is 43.0 Å². The Morgan fingerprint density at radius 2 is 1.97 bits per heavy atom. The Labute approximate surface area is 217 Å². The molecule has 14 heteroatoms. The summed E-state index contributed by atoms with van der Waals surface area (Å²) in [7, 11) is 0. The molecule has 7 N–H and O–H groups in total. The van der Waals surface area contributed by atoms with Gasteiger partial charge in [0.2, 0.25) is 5.91 Å². The summed E-state index contributed by atoms with van der Waals surface area (Å²) in [6.07, 6.45) is -1.66. The molecule has 2 aromatic carbocycles. The van der Waals surface area contributed by atoms with Crippen LogP contribution in [0.4, 0.5) is 10.1 Å². The molecule has 1 aliphatic rings. The number of aromatic hydroxyl groups is 2. The monoisotopic (exact) mass is 585 g/mol. The van der Waals surface area contributed by atoms with Crippen molar-refractivity contribution in [2.75, 3.05) is 25.0 Å². The number of phenols is 2. The Bertz CT molecular complexity index is 1210. The highest BCUT2D eigenvalue weighted by atomic mass is 79.9. The molecule has 1 aliphatic heterocycles. The SMILES string of the molecule is O=C(O)C[C@H](NC(=O)CNC(=O)c1cc(O)cc(NC2=NCC(F)CN2)c1)c1cc(Cl)cc(Br)c1O. The van der Waals surface area contributed by atoms with Gasteiger partial charge in [0, 0.05) is 27.9 Å². The molecular weight excluding hydrogens is 565 g/mol. The van der Waals surface area contributed by atoms with Crippen LogP contribution in [0.3, 0.4) is 0 Å². The van der Waals surface area contributed by atoms with Crippen LogP contribution < -0.4 is 21.3 Å². The third-order valence-electron chi connectivity index (χ3n) is 4.94. The quantitative estimate of drug-likeness (QED) is 0.247. The normalized spacial score (nSPS) is 15.8. The minimum Gasteiger partial charge on any atom is -0.508 e. The van der Waals surface area contributed by atoms with Crippen LogP contribution >= 0.6 is 27.5 Å². The largest absolute Gasteiger partial charge is 0.508 e. The lowest BCUT2D eigenvalue weighted by atomic mass is 10.0. The Morgan fingerprint density at radius 1 is 1.22 bits per heavy atom. The molecule has 3 rings (SSSR count). The van der Waals surface area contributed by atoms with Gasteiger partial charge in [0.05, 0.1) is 36.6 Å². The molecule has 0 saturated heterocycles. The molecule has 2 aromatic rings. The van der Waals surface area contributed by atoms with Gasteiger partial charge in [0.1, 0.15) is 17.7 Å². The van der Waals surface area contributed by atoms with Gasteiger partial charge in [-0.3, -0.25) is 14.4 Å². The topological polar surface area (TPSA) is 172 Å². The average Bonchev–Trinajstić information content (AvgIpc) is 2.80. The second-order valence-corrected chi connectivity index (χ2v) is 9.08. The molecule has 0 spiro atoms. The summed E-state index contributed by atoms with van der Waals surface area (Å²) in [5.41, 5.74) is 0.402. The zero-order valence-corrected chi connectivity index (χ0v) is 20.9. The molecule has 192 valence electrons. The molecule has 36 heavy (non-hydrogen) atoms. The molecule has 11 nitrogen and oxygen atoms in total. The van der Waals surface area contributed by atoms with Crippen LogP contribution in [0.25, 0.3) is 0 Å². The number of halogens is 3. The van der Waals surface area contributed by atoms with Crippen molar-refractivity contribution in [3.8, 4) is 11.5 Å². The van der Waals surface area contributed by atoms with E-state index in [0.717, 1.165) is 0 Å². The highest BCUT2D eigenvalue weighted by Gasteiger charge is 2.23. The smallest absolute Gasteiger partial charge is 0.305 e.